The van der Waals surface area contributed by atoms with Crippen molar-refractivity contribution in [1.82, 2.24) is 10.3 Å². The SMILES string of the molecule is CC(NC(=O)CN1C(=O)c2cccnc2Sc2ccccc21)c1ccc2c(c1)OCCO2. The summed E-state index contributed by atoms with van der Waals surface area (Å²) in [7, 11) is 0. The van der Waals surface area contributed by atoms with Gasteiger partial charge in [-0.15, -0.1) is 0 Å². The summed E-state index contributed by atoms with van der Waals surface area (Å²) >= 11 is 1.43. The normalized spacial score (nSPS) is 15.3. The van der Waals surface area contributed by atoms with Gasteiger partial charge in [0.25, 0.3) is 5.91 Å². The highest BCUT2D eigenvalue weighted by Gasteiger charge is 2.29. The maximum atomic E-state index is 13.3. The van der Waals surface area contributed by atoms with E-state index in [2.05, 4.69) is 10.3 Å². The third kappa shape index (κ3) is 3.89. The van der Waals surface area contributed by atoms with E-state index >= 15 is 0 Å². The van der Waals surface area contributed by atoms with E-state index in [9.17, 15) is 9.59 Å². The van der Waals surface area contributed by atoms with E-state index in [1.54, 1.807) is 18.3 Å². The van der Waals surface area contributed by atoms with Crippen LogP contribution in [0.3, 0.4) is 0 Å². The van der Waals surface area contributed by atoms with Crippen LogP contribution in [0.2, 0.25) is 0 Å². The summed E-state index contributed by atoms with van der Waals surface area (Å²) in [6, 6.07) is 16.4. The molecule has 1 aromatic heterocycles. The Morgan fingerprint density at radius 2 is 1.94 bits per heavy atom. The second-order valence-electron chi connectivity index (χ2n) is 7.51. The maximum Gasteiger partial charge on any atom is 0.261 e. The molecule has 5 rings (SSSR count). The summed E-state index contributed by atoms with van der Waals surface area (Å²) in [5.74, 6) is 0.878. The molecule has 0 spiro atoms. The molecule has 0 radical (unpaired) electrons. The third-order valence-electron chi connectivity index (χ3n) is 5.35. The minimum Gasteiger partial charge on any atom is -0.486 e. The van der Waals surface area contributed by atoms with Gasteiger partial charge in [0.1, 0.15) is 24.8 Å². The number of pyridine rings is 1. The van der Waals surface area contributed by atoms with Gasteiger partial charge < -0.3 is 14.8 Å². The van der Waals surface area contributed by atoms with Gasteiger partial charge in [0, 0.05) is 11.1 Å². The number of fused-ring (bicyclic) bond motifs is 3. The molecule has 162 valence electrons. The van der Waals surface area contributed by atoms with E-state index in [0.717, 1.165) is 10.5 Å². The standard InChI is InChI=1S/C24H21N3O4S/c1-15(16-8-9-19-20(13-16)31-12-11-30-19)26-22(28)14-27-18-6-2-3-7-21(18)32-23-17(24(27)29)5-4-10-25-23/h2-10,13,15H,11-12,14H2,1H3,(H,26,28). The van der Waals surface area contributed by atoms with Crippen LogP contribution in [0.5, 0.6) is 11.5 Å². The maximum absolute atomic E-state index is 13.3. The van der Waals surface area contributed by atoms with Gasteiger partial charge in [-0.05, 0) is 48.9 Å². The van der Waals surface area contributed by atoms with E-state index in [1.165, 1.54) is 16.7 Å². The molecule has 1 unspecified atom stereocenters. The van der Waals surface area contributed by atoms with Crippen LogP contribution in [0.25, 0.3) is 0 Å². The molecule has 0 fully saturated rings. The van der Waals surface area contributed by atoms with Gasteiger partial charge >= 0.3 is 0 Å². The van der Waals surface area contributed by atoms with E-state index in [0.29, 0.717) is 41.0 Å². The number of ether oxygens (including phenoxy) is 2. The highest BCUT2D eigenvalue weighted by atomic mass is 32.2. The van der Waals surface area contributed by atoms with Crippen LogP contribution in [0, 0.1) is 0 Å². The van der Waals surface area contributed by atoms with Crippen molar-refractivity contribution >= 4 is 29.3 Å². The van der Waals surface area contributed by atoms with Gasteiger partial charge in [0.15, 0.2) is 11.5 Å². The first-order valence-corrected chi connectivity index (χ1v) is 11.1. The number of rotatable bonds is 4. The minimum absolute atomic E-state index is 0.0976. The molecule has 3 heterocycles. The molecule has 2 aromatic carbocycles. The fraction of sp³-hybridized carbons (Fsp3) is 0.208. The van der Waals surface area contributed by atoms with Crippen molar-refractivity contribution in [2.45, 2.75) is 22.9 Å². The van der Waals surface area contributed by atoms with E-state index in [-0.39, 0.29) is 24.4 Å². The number of hydrogen-bond donors (Lipinski definition) is 1. The minimum atomic E-state index is -0.265. The molecule has 0 aliphatic carbocycles. The van der Waals surface area contributed by atoms with Crippen molar-refractivity contribution in [3.63, 3.8) is 0 Å². The van der Waals surface area contributed by atoms with Crippen LogP contribution in [-0.4, -0.2) is 36.6 Å². The lowest BCUT2D eigenvalue weighted by Crippen LogP contribution is -2.41. The van der Waals surface area contributed by atoms with E-state index < -0.39 is 0 Å². The van der Waals surface area contributed by atoms with Crippen molar-refractivity contribution in [2.24, 2.45) is 0 Å². The molecule has 2 aliphatic rings. The molecule has 0 saturated carbocycles. The van der Waals surface area contributed by atoms with Crippen LogP contribution < -0.4 is 19.7 Å². The molecule has 2 amide bonds. The number of amides is 2. The lowest BCUT2D eigenvalue weighted by molar-refractivity contribution is -0.120. The van der Waals surface area contributed by atoms with Gasteiger partial charge in [0.05, 0.1) is 17.3 Å². The van der Waals surface area contributed by atoms with Gasteiger partial charge in [-0.3, -0.25) is 14.5 Å². The highest BCUT2D eigenvalue weighted by molar-refractivity contribution is 7.99. The van der Waals surface area contributed by atoms with Gasteiger partial charge in [-0.25, -0.2) is 4.98 Å². The van der Waals surface area contributed by atoms with Crippen LogP contribution in [-0.2, 0) is 4.79 Å². The zero-order chi connectivity index (χ0) is 22.1. The molecule has 32 heavy (non-hydrogen) atoms. The molecular weight excluding hydrogens is 426 g/mol. The number of carbonyl (C=O) groups is 2. The summed E-state index contributed by atoms with van der Waals surface area (Å²) in [4.78, 5) is 33.0. The van der Waals surface area contributed by atoms with Gasteiger partial charge in [-0.2, -0.15) is 0 Å². The van der Waals surface area contributed by atoms with Gasteiger partial charge in [0.2, 0.25) is 5.91 Å². The molecule has 7 nitrogen and oxygen atoms in total. The Morgan fingerprint density at radius 1 is 1.12 bits per heavy atom. The monoisotopic (exact) mass is 447 g/mol. The fourth-order valence-corrected chi connectivity index (χ4v) is 4.78. The first kappa shape index (κ1) is 20.4. The Morgan fingerprint density at radius 3 is 2.81 bits per heavy atom. The molecule has 8 heteroatoms. The highest BCUT2D eigenvalue weighted by Crippen LogP contribution is 2.40. The summed E-state index contributed by atoms with van der Waals surface area (Å²) in [5.41, 5.74) is 2.08. The average molecular weight is 448 g/mol. The number of nitrogens with one attached hydrogen (secondary N) is 1. The Kier molecular flexibility index (Phi) is 5.45. The second-order valence-corrected chi connectivity index (χ2v) is 8.54. The van der Waals surface area contributed by atoms with E-state index in [1.807, 2.05) is 49.4 Å². The van der Waals surface area contributed by atoms with Gasteiger partial charge in [-0.1, -0.05) is 30.0 Å². The fourth-order valence-electron chi connectivity index (χ4n) is 3.76. The Hall–Kier alpha value is -3.52. The smallest absolute Gasteiger partial charge is 0.261 e. The van der Waals surface area contributed by atoms with Crippen LogP contribution >= 0.6 is 11.8 Å². The van der Waals surface area contributed by atoms with Crippen LogP contribution in [0.4, 0.5) is 5.69 Å². The van der Waals surface area contributed by atoms with Crippen molar-refractivity contribution in [3.05, 3.63) is 71.9 Å². The topological polar surface area (TPSA) is 80.8 Å². The Bertz CT molecular complexity index is 1200. The number of anilines is 1. The predicted molar refractivity (Wildman–Crippen MR) is 120 cm³/mol. The van der Waals surface area contributed by atoms with Crippen molar-refractivity contribution in [3.8, 4) is 11.5 Å². The van der Waals surface area contributed by atoms with Crippen molar-refractivity contribution in [2.75, 3.05) is 24.7 Å². The Balaban J connectivity index is 1.37. The lowest BCUT2D eigenvalue weighted by atomic mass is 10.1. The molecule has 2 aliphatic heterocycles. The predicted octanol–water partition coefficient (Wildman–Crippen LogP) is 3.84. The summed E-state index contributed by atoms with van der Waals surface area (Å²) in [6.07, 6.45) is 1.67. The van der Waals surface area contributed by atoms with Crippen molar-refractivity contribution in [1.29, 1.82) is 0 Å². The lowest BCUT2D eigenvalue weighted by Gasteiger charge is -2.24. The van der Waals surface area contributed by atoms with Crippen LogP contribution in [0.15, 0.2) is 70.7 Å². The number of benzene rings is 2. The molecule has 1 atom stereocenters. The number of hydrogen-bond acceptors (Lipinski definition) is 6. The summed E-state index contributed by atoms with van der Waals surface area (Å²) < 4.78 is 11.2. The summed E-state index contributed by atoms with van der Waals surface area (Å²) in [6.45, 7) is 2.83. The molecule has 0 bridgehead atoms. The zero-order valence-electron chi connectivity index (χ0n) is 17.4. The van der Waals surface area contributed by atoms with Crippen molar-refractivity contribution < 1.29 is 19.1 Å². The number of nitrogens with zero attached hydrogens (tertiary/aromatic N) is 2. The first-order valence-electron chi connectivity index (χ1n) is 10.3. The Labute approximate surface area is 189 Å². The quantitative estimate of drug-likeness (QED) is 0.655. The third-order valence-corrected chi connectivity index (χ3v) is 6.44. The molecular formula is C24H21N3O4S. The second kappa shape index (κ2) is 8.55. The first-order chi connectivity index (χ1) is 15.6. The molecule has 3 aromatic rings. The summed E-state index contributed by atoms with van der Waals surface area (Å²) in [5, 5.41) is 3.63. The zero-order valence-corrected chi connectivity index (χ0v) is 18.2. The number of carbonyl (C=O) groups excluding carboxylic acids is 2. The number of para-hydroxylation sites is 1. The molecule has 0 saturated heterocycles. The molecule has 1 N–H and O–H groups in total. The van der Waals surface area contributed by atoms with E-state index in [4.69, 9.17) is 9.47 Å². The average Bonchev–Trinajstić information content (AvgIpc) is 2.93. The number of aromatic nitrogens is 1. The largest absolute Gasteiger partial charge is 0.486 e. The van der Waals surface area contributed by atoms with Crippen LogP contribution in [0.1, 0.15) is 28.9 Å².